The van der Waals surface area contributed by atoms with Gasteiger partial charge in [0.05, 0.1) is 5.92 Å². The van der Waals surface area contributed by atoms with Crippen molar-refractivity contribution in [3.8, 4) is 0 Å². The van der Waals surface area contributed by atoms with Gasteiger partial charge in [-0.05, 0) is 37.0 Å². The smallest absolute Gasteiger partial charge is 0.309 e. The third-order valence-corrected chi connectivity index (χ3v) is 3.71. The molecule has 1 aromatic rings. The zero-order valence-electron chi connectivity index (χ0n) is 10.9. The van der Waals surface area contributed by atoms with Crippen molar-refractivity contribution in [2.75, 3.05) is 11.9 Å². The highest BCUT2D eigenvalue weighted by atomic mass is 35.5. The lowest BCUT2D eigenvalue weighted by molar-refractivity contribution is -0.148. The quantitative estimate of drug-likeness (QED) is 0.864. The molecule has 19 heavy (non-hydrogen) atoms. The number of carbonyl (C=O) groups excluding carboxylic acids is 2. The van der Waals surface area contributed by atoms with Crippen LogP contribution in [0, 0.1) is 18.8 Å². The lowest BCUT2D eigenvalue weighted by Gasteiger charge is -2.09. The fourth-order valence-electron chi connectivity index (χ4n) is 1.82. The Hall–Kier alpha value is -1.55. The molecule has 1 aliphatic rings. The van der Waals surface area contributed by atoms with Gasteiger partial charge in [-0.3, -0.25) is 9.59 Å². The van der Waals surface area contributed by atoms with E-state index in [-0.39, 0.29) is 24.4 Å². The maximum absolute atomic E-state index is 11.7. The lowest BCUT2D eigenvalue weighted by Crippen LogP contribution is -2.22. The molecule has 5 heteroatoms. The van der Waals surface area contributed by atoms with Crippen LogP contribution in [0.2, 0.25) is 5.02 Å². The van der Waals surface area contributed by atoms with Gasteiger partial charge in [0.25, 0.3) is 5.91 Å². The van der Waals surface area contributed by atoms with Gasteiger partial charge in [-0.1, -0.05) is 24.6 Å². The van der Waals surface area contributed by atoms with E-state index in [1.165, 1.54) is 0 Å². The minimum absolute atomic E-state index is 0.0271. The van der Waals surface area contributed by atoms with Gasteiger partial charge in [-0.2, -0.15) is 0 Å². The number of anilines is 1. The van der Waals surface area contributed by atoms with Crippen molar-refractivity contribution in [2.24, 2.45) is 11.8 Å². The molecule has 0 unspecified atom stereocenters. The molecular weight excluding hydrogens is 266 g/mol. The average molecular weight is 282 g/mol. The average Bonchev–Trinajstić information content (AvgIpc) is 3.09. The lowest BCUT2D eigenvalue weighted by atomic mass is 10.2. The monoisotopic (exact) mass is 281 g/mol. The molecule has 0 aromatic heterocycles. The van der Waals surface area contributed by atoms with Crippen LogP contribution in [0.5, 0.6) is 0 Å². The van der Waals surface area contributed by atoms with Crippen LogP contribution in [0.25, 0.3) is 0 Å². The first kappa shape index (κ1) is 13.9. The topological polar surface area (TPSA) is 55.4 Å². The Morgan fingerprint density at radius 1 is 1.47 bits per heavy atom. The Morgan fingerprint density at radius 3 is 2.79 bits per heavy atom. The van der Waals surface area contributed by atoms with E-state index in [0.717, 1.165) is 12.0 Å². The van der Waals surface area contributed by atoms with Crippen molar-refractivity contribution < 1.29 is 14.3 Å². The van der Waals surface area contributed by atoms with Gasteiger partial charge in [0.1, 0.15) is 0 Å². The van der Waals surface area contributed by atoms with Crippen LogP contribution >= 0.6 is 11.6 Å². The molecule has 102 valence electrons. The number of hydrogen-bond donors (Lipinski definition) is 1. The fourth-order valence-corrected chi connectivity index (χ4v) is 2.00. The number of hydrogen-bond acceptors (Lipinski definition) is 3. The third-order valence-electron chi connectivity index (χ3n) is 3.30. The summed E-state index contributed by atoms with van der Waals surface area (Å²) in [4.78, 5) is 23.1. The number of esters is 1. The van der Waals surface area contributed by atoms with Crippen LogP contribution in [0.4, 0.5) is 5.69 Å². The van der Waals surface area contributed by atoms with Gasteiger partial charge in [0, 0.05) is 10.7 Å². The van der Waals surface area contributed by atoms with E-state index in [2.05, 4.69) is 5.32 Å². The third kappa shape index (κ3) is 3.47. The maximum atomic E-state index is 11.7. The molecule has 0 heterocycles. The second-order valence-electron chi connectivity index (χ2n) is 4.89. The molecule has 1 N–H and O–H groups in total. The number of carbonyl (C=O) groups is 2. The Balaban J connectivity index is 1.84. The first-order chi connectivity index (χ1) is 8.99. The maximum Gasteiger partial charge on any atom is 0.309 e. The number of amides is 1. The Bertz CT molecular complexity index is 515. The van der Waals surface area contributed by atoms with E-state index in [0.29, 0.717) is 16.6 Å². The summed E-state index contributed by atoms with van der Waals surface area (Å²) in [6.07, 6.45) is 0.855. The van der Waals surface area contributed by atoms with Crippen LogP contribution in [0.3, 0.4) is 0 Å². The van der Waals surface area contributed by atoms with Crippen LogP contribution in [-0.4, -0.2) is 18.5 Å². The fraction of sp³-hybridized carbons (Fsp3) is 0.429. The molecule has 1 saturated carbocycles. The normalized spacial score (nSPS) is 20.8. The largest absolute Gasteiger partial charge is 0.455 e. The van der Waals surface area contributed by atoms with E-state index in [4.69, 9.17) is 16.3 Å². The molecule has 1 aliphatic carbocycles. The van der Waals surface area contributed by atoms with Gasteiger partial charge >= 0.3 is 5.97 Å². The van der Waals surface area contributed by atoms with Crippen molar-refractivity contribution in [3.05, 3.63) is 28.8 Å². The summed E-state index contributed by atoms with van der Waals surface area (Å²) < 4.78 is 4.96. The number of halogens is 1. The van der Waals surface area contributed by atoms with E-state index in [9.17, 15) is 9.59 Å². The molecule has 1 amide bonds. The van der Waals surface area contributed by atoms with Crippen LogP contribution in [0.15, 0.2) is 18.2 Å². The van der Waals surface area contributed by atoms with Crippen LogP contribution in [0.1, 0.15) is 18.9 Å². The summed E-state index contributed by atoms with van der Waals surface area (Å²) in [6.45, 7) is 3.55. The van der Waals surface area contributed by atoms with Gasteiger partial charge in [0.2, 0.25) is 0 Å². The molecule has 4 nitrogen and oxygen atoms in total. The predicted molar refractivity (Wildman–Crippen MR) is 73.0 cm³/mol. The summed E-state index contributed by atoms with van der Waals surface area (Å²) in [5.41, 5.74) is 1.42. The highest BCUT2D eigenvalue weighted by Crippen LogP contribution is 2.38. The molecule has 2 rings (SSSR count). The van der Waals surface area contributed by atoms with Gasteiger partial charge in [-0.15, -0.1) is 0 Å². The van der Waals surface area contributed by atoms with Crippen LogP contribution in [-0.2, 0) is 14.3 Å². The number of benzene rings is 1. The van der Waals surface area contributed by atoms with Crippen molar-refractivity contribution in [1.82, 2.24) is 0 Å². The molecule has 0 spiro atoms. The predicted octanol–water partition coefficient (Wildman–Crippen LogP) is 2.79. The van der Waals surface area contributed by atoms with Crippen molar-refractivity contribution in [2.45, 2.75) is 20.3 Å². The molecule has 2 atom stereocenters. The highest BCUT2D eigenvalue weighted by Gasteiger charge is 2.40. The van der Waals surface area contributed by atoms with Gasteiger partial charge < -0.3 is 10.1 Å². The van der Waals surface area contributed by atoms with Gasteiger partial charge in [0.15, 0.2) is 6.61 Å². The number of nitrogens with one attached hydrogen (secondary N) is 1. The van der Waals surface area contributed by atoms with Crippen molar-refractivity contribution >= 4 is 29.2 Å². The number of ether oxygens (including phenoxy) is 1. The first-order valence-electron chi connectivity index (χ1n) is 6.20. The summed E-state index contributed by atoms with van der Waals surface area (Å²) in [6, 6.07) is 5.26. The molecule has 1 aromatic carbocycles. The standard InChI is InChI=1S/C14H16ClNO3/c1-8-6-10(8)14(18)19-7-13(17)16-12-5-3-4-11(15)9(12)2/h3-5,8,10H,6-7H2,1-2H3,(H,16,17)/t8-,10-/m0/s1. The van der Waals surface area contributed by atoms with E-state index in [1.54, 1.807) is 18.2 Å². The Kier molecular flexibility index (Phi) is 4.10. The zero-order valence-corrected chi connectivity index (χ0v) is 11.7. The van der Waals surface area contributed by atoms with E-state index < -0.39 is 0 Å². The second kappa shape index (κ2) is 5.61. The van der Waals surface area contributed by atoms with E-state index >= 15 is 0 Å². The molecule has 0 aliphatic heterocycles. The molecule has 1 fully saturated rings. The summed E-state index contributed by atoms with van der Waals surface area (Å²) in [7, 11) is 0. The molecule has 0 saturated heterocycles. The van der Waals surface area contributed by atoms with Gasteiger partial charge in [-0.25, -0.2) is 0 Å². The first-order valence-corrected chi connectivity index (χ1v) is 6.58. The van der Waals surface area contributed by atoms with Crippen LogP contribution < -0.4 is 5.32 Å². The molecular formula is C14H16ClNO3. The minimum Gasteiger partial charge on any atom is -0.455 e. The second-order valence-corrected chi connectivity index (χ2v) is 5.29. The summed E-state index contributed by atoms with van der Waals surface area (Å²) in [5, 5.41) is 3.26. The Labute approximate surface area is 117 Å². The molecule has 0 bridgehead atoms. The van der Waals surface area contributed by atoms with Crippen molar-refractivity contribution in [1.29, 1.82) is 0 Å². The molecule has 0 radical (unpaired) electrons. The minimum atomic E-state index is -0.355. The number of rotatable bonds is 4. The van der Waals surface area contributed by atoms with E-state index in [1.807, 2.05) is 13.8 Å². The SMILES string of the molecule is Cc1c(Cl)cccc1NC(=O)COC(=O)[C@H]1C[C@@H]1C. The zero-order chi connectivity index (χ0) is 14.0. The highest BCUT2D eigenvalue weighted by molar-refractivity contribution is 6.31. The summed E-state index contributed by atoms with van der Waals surface area (Å²) in [5.74, 6) is -0.288. The summed E-state index contributed by atoms with van der Waals surface area (Å²) >= 11 is 5.95. The van der Waals surface area contributed by atoms with Crippen molar-refractivity contribution in [3.63, 3.8) is 0 Å². The Morgan fingerprint density at radius 2 is 2.16 bits per heavy atom.